The van der Waals surface area contributed by atoms with E-state index in [2.05, 4.69) is 5.32 Å². The van der Waals surface area contributed by atoms with Gasteiger partial charge in [-0.3, -0.25) is 4.79 Å². The molecule has 0 heterocycles. The van der Waals surface area contributed by atoms with Crippen molar-refractivity contribution in [3.63, 3.8) is 0 Å². The van der Waals surface area contributed by atoms with Gasteiger partial charge in [0.2, 0.25) is 5.91 Å². The molecular weight excluding hydrogens is 128 g/mol. The number of likely N-dealkylation sites (N-methyl/N-ethyl adjacent to an activating group) is 1. The number of carbonyl (C=O) groups excluding carboxylic acids is 1. The molecule has 0 bridgehead atoms. The molecule has 0 aromatic carbocycles. The van der Waals surface area contributed by atoms with Crippen molar-refractivity contribution in [1.29, 1.82) is 0 Å². The van der Waals surface area contributed by atoms with Crippen LogP contribution in [0.25, 0.3) is 0 Å². The maximum Gasteiger partial charge on any atom is 0.237 e. The molecule has 1 saturated carbocycles. The molecule has 10 heavy (non-hydrogen) atoms. The number of carbonyl (C=O) groups is 1. The zero-order valence-electron chi connectivity index (χ0n) is 6.31. The Balaban J connectivity index is 2.67. The van der Waals surface area contributed by atoms with Crippen LogP contribution in [0.4, 0.5) is 0 Å². The fourth-order valence-electron chi connectivity index (χ4n) is 1.60. The average molecular weight is 142 g/mol. The molecule has 1 fully saturated rings. The number of rotatable bonds is 2. The summed E-state index contributed by atoms with van der Waals surface area (Å²) in [6.07, 6.45) is 4.03. The molecular formula is C7H14N2O. The van der Waals surface area contributed by atoms with Crippen molar-refractivity contribution in [3.05, 3.63) is 0 Å². The smallest absolute Gasteiger partial charge is 0.237 e. The number of nitrogens with two attached hydrogens (primary N) is 1. The molecule has 1 rings (SSSR count). The Morgan fingerprint density at radius 2 is 2.00 bits per heavy atom. The lowest BCUT2D eigenvalue weighted by Crippen LogP contribution is -2.51. The van der Waals surface area contributed by atoms with Gasteiger partial charge in [0, 0.05) is 0 Å². The molecule has 0 saturated heterocycles. The largest absolute Gasteiger partial charge is 0.368 e. The molecule has 0 atom stereocenters. The van der Waals surface area contributed by atoms with Crippen LogP contribution in [-0.4, -0.2) is 18.5 Å². The zero-order valence-corrected chi connectivity index (χ0v) is 6.31. The topological polar surface area (TPSA) is 55.1 Å². The molecule has 0 unspecified atom stereocenters. The third kappa shape index (κ3) is 1.01. The average Bonchev–Trinajstić information content (AvgIpc) is 2.35. The second-order valence-corrected chi connectivity index (χ2v) is 2.90. The first-order valence-corrected chi connectivity index (χ1v) is 3.70. The summed E-state index contributed by atoms with van der Waals surface area (Å²) in [7, 11) is 1.80. The first-order valence-electron chi connectivity index (χ1n) is 3.70. The number of nitrogens with one attached hydrogen (secondary N) is 1. The third-order valence-electron chi connectivity index (χ3n) is 2.41. The van der Waals surface area contributed by atoms with Gasteiger partial charge in [0.15, 0.2) is 0 Å². The Kier molecular flexibility index (Phi) is 1.94. The summed E-state index contributed by atoms with van der Waals surface area (Å²) in [5.41, 5.74) is 4.87. The summed E-state index contributed by atoms with van der Waals surface area (Å²) in [6, 6.07) is 0. The van der Waals surface area contributed by atoms with E-state index < -0.39 is 0 Å². The fourth-order valence-corrected chi connectivity index (χ4v) is 1.60. The van der Waals surface area contributed by atoms with Crippen LogP contribution in [0.3, 0.4) is 0 Å². The number of hydrogen-bond acceptors (Lipinski definition) is 2. The maximum atomic E-state index is 10.9. The highest BCUT2D eigenvalue weighted by Gasteiger charge is 2.37. The van der Waals surface area contributed by atoms with E-state index in [1.54, 1.807) is 7.05 Å². The predicted octanol–water partition coefficient (Wildman–Crippen LogP) is 0.00390. The number of hydrogen-bond donors (Lipinski definition) is 2. The second-order valence-electron chi connectivity index (χ2n) is 2.90. The van der Waals surface area contributed by atoms with Crippen molar-refractivity contribution in [2.45, 2.75) is 31.2 Å². The fraction of sp³-hybridized carbons (Fsp3) is 0.857. The van der Waals surface area contributed by atoms with Crippen molar-refractivity contribution in [2.24, 2.45) is 5.73 Å². The lowest BCUT2D eigenvalue weighted by molar-refractivity contribution is -0.124. The van der Waals surface area contributed by atoms with Gasteiger partial charge in [0.25, 0.3) is 0 Å². The van der Waals surface area contributed by atoms with Gasteiger partial charge in [-0.05, 0) is 19.9 Å². The van der Waals surface area contributed by atoms with Crippen LogP contribution >= 0.6 is 0 Å². The highest BCUT2D eigenvalue weighted by Crippen LogP contribution is 2.28. The summed E-state index contributed by atoms with van der Waals surface area (Å²) < 4.78 is 0. The highest BCUT2D eigenvalue weighted by atomic mass is 16.1. The summed E-state index contributed by atoms with van der Waals surface area (Å²) in [5, 5.41) is 3.00. The molecule has 0 aromatic heterocycles. The van der Waals surface area contributed by atoms with Crippen LogP contribution in [0.5, 0.6) is 0 Å². The van der Waals surface area contributed by atoms with Crippen molar-refractivity contribution < 1.29 is 4.79 Å². The number of amides is 1. The minimum atomic E-state index is -0.375. The summed E-state index contributed by atoms with van der Waals surface area (Å²) in [4.78, 5) is 10.9. The van der Waals surface area contributed by atoms with Gasteiger partial charge in [0.05, 0.1) is 5.54 Å². The summed E-state index contributed by atoms with van der Waals surface area (Å²) >= 11 is 0. The van der Waals surface area contributed by atoms with Gasteiger partial charge in [-0.2, -0.15) is 0 Å². The molecule has 0 radical (unpaired) electrons. The van der Waals surface area contributed by atoms with Crippen LogP contribution in [0, 0.1) is 0 Å². The molecule has 0 aromatic rings. The van der Waals surface area contributed by atoms with Gasteiger partial charge in [-0.25, -0.2) is 0 Å². The van der Waals surface area contributed by atoms with Crippen molar-refractivity contribution in [3.8, 4) is 0 Å². The Morgan fingerprint density at radius 1 is 1.50 bits per heavy atom. The van der Waals surface area contributed by atoms with Gasteiger partial charge < -0.3 is 11.1 Å². The Bertz CT molecular complexity index is 139. The van der Waals surface area contributed by atoms with Crippen LogP contribution < -0.4 is 11.1 Å². The molecule has 1 aliphatic rings. The van der Waals surface area contributed by atoms with Crippen molar-refractivity contribution in [1.82, 2.24) is 5.32 Å². The van der Waals surface area contributed by atoms with Gasteiger partial charge in [0.1, 0.15) is 0 Å². The van der Waals surface area contributed by atoms with Crippen LogP contribution in [-0.2, 0) is 4.79 Å². The summed E-state index contributed by atoms with van der Waals surface area (Å²) in [5.74, 6) is -0.201. The highest BCUT2D eigenvalue weighted by molar-refractivity contribution is 5.84. The Morgan fingerprint density at radius 3 is 2.20 bits per heavy atom. The number of primary amides is 1. The second kappa shape index (κ2) is 2.58. The van der Waals surface area contributed by atoms with E-state index in [4.69, 9.17) is 5.73 Å². The first-order chi connectivity index (χ1) is 4.71. The van der Waals surface area contributed by atoms with E-state index >= 15 is 0 Å². The lowest BCUT2D eigenvalue weighted by Gasteiger charge is -2.23. The molecule has 1 amide bonds. The van der Waals surface area contributed by atoms with Gasteiger partial charge in [-0.15, -0.1) is 0 Å². The predicted molar refractivity (Wildman–Crippen MR) is 39.5 cm³/mol. The zero-order chi connectivity index (χ0) is 7.61. The Hall–Kier alpha value is -0.570. The van der Waals surface area contributed by atoms with E-state index in [9.17, 15) is 4.79 Å². The standard InChI is InChI=1S/C7H14N2O/c1-9-7(6(8)10)4-2-3-5-7/h9H,2-5H2,1H3,(H2,8,10). The van der Waals surface area contributed by atoms with Crippen molar-refractivity contribution in [2.75, 3.05) is 7.05 Å². The van der Waals surface area contributed by atoms with Crippen LogP contribution in [0.1, 0.15) is 25.7 Å². The van der Waals surface area contributed by atoms with Gasteiger partial charge >= 0.3 is 0 Å². The molecule has 1 aliphatic carbocycles. The molecule has 3 heteroatoms. The molecule has 0 aliphatic heterocycles. The van der Waals surface area contributed by atoms with Gasteiger partial charge in [-0.1, -0.05) is 12.8 Å². The molecule has 3 N–H and O–H groups in total. The van der Waals surface area contributed by atoms with E-state index in [-0.39, 0.29) is 11.4 Å². The van der Waals surface area contributed by atoms with Crippen molar-refractivity contribution >= 4 is 5.91 Å². The minimum Gasteiger partial charge on any atom is -0.368 e. The maximum absolute atomic E-state index is 10.9. The SMILES string of the molecule is CNC1(C(N)=O)CCCC1. The van der Waals surface area contributed by atoms with E-state index in [1.165, 1.54) is 0 Å². The molecule has 58 valence electrons. The minimum absolute atomic E-state index is 0.201. The third-order valence-corrected chi connectivity index (χ3v) is 2.41. The first kappa shape index (κ1) is 7.54. The van der Waals surface area contributed by atoms with Crippen LogP contribution in [0.2, 0.25) is 0 Å². The van der Waals surface area contributed by atoms with Crippen LogP contribution in [0.15, 0.2) is 0 Å². The molecule has 0 spiro atoms. The normalized spacial score (nSPS) is 22.9. The monoisotopic (exact) mass is 142 g/mol. The van der Waals surface area contributed by atoms with E-state index in [1.807, 2.05) is 0 Å². The molecule has 3 nitrogen and oxygen atoms in total. The summed E-state index contributed by atoms with van der Waals surface area (Å²) in [6.45, 7) is 0. The lowest BCUT2D eigenvalue weighted by atomic mass is 9.97. The van der Waals surface area contributed by atoms with E-state index in [0.29, 0.717) is 0 Å². The Labute approximate surface area is 61.0 Å². The van der Waals surface area contributed by atoms with E-state index in [0.717, 1.165) is 25.7 Å². The quantitative estimate of drug-likeness (QED) is 0.570.